The second-order valence-electron chi connectivity index (χ2n) is 7.07. The lowest BCUT2D eigenvalue weighted by Gasteiger charge is -2.09. The van der Waals surface area contributed by atoms with Crippen molar-refractivity contribution in [2.24, 2.45) is 0 Å². The monoisotopic (exact) mass is 348 g/mol. The van der Waals surface area contributed by atoms with Gasteiger partial charge in [0.1, 0.15) is 0 Å². The van der Waals surface area contributed by atoms with Crippen LogP contribution in [0.3, 0.4) is 0 Å². The average molecular weight is 349 g/mol. The maximum Gasteiger partial charge on any atom is 0.219 e. The van der Waals surface area contributed by atoms with Crippen molar-refractivity contribution >= 4 is 10.2 Å². The summed E-state index contributed by atoms with van der Waals surface area (Å²) >= 11 is 0. The Kier molecular flexibility index (Phi) is 15.2. The first-order valence-corrected chi connectivity index (χ1v) is 10.5. The zero-order chi connectivity index (χ0) is 17.4. The molecule has 138 valence electrons. The number of ether oxygens (including phenoxy) is 1. The molecule has 0 saturated heterocycles. The lowest BCUT2D eigenvalue weighted by atomic mass is 10.0. The summed E-state index contributed by atoms with van der Waals surface area (Å²) in [4.78, 5) is 0. The van der Waals surface area contributed by atoms with Crippen LogP contribution in [0.15, 0.2) is 12.2 Å². The number of hydrogen-bond donors (Lipinski definition) is 0. The Hall–Kier alpha value is -0.223. The van der Waals surface area contributed by atoms with Gasteiger partial charge < -0.3 is 4.74 Å². The van der Waals surface area contributed by atoms with Gasteiger partial charge in [-0.25, -0.2) is 8.78 Å². The van der Waals surface area contributed by atoms with Gasteiger partial charge in [0.25, 0.3) is 0 Å². The van der Waals surface area contributed by atoms with E-state index in [1.807, 2.05) is 6.92 Å². The van der Waals surface area contributed by atoms with E-state index in [1.54, 1.807) is 0 Å². The molecule has 0 aromatic carbocycles. The number of unbranched alkanes of at least 4 members (excludes halogenated alkanes) is 11. The largest absolute Gasteiger partial charge is 0.377 e. The molecular weight excluding hydrogens is 310 g/mol. The van der Waals surface area contributed by atoms with E-state index in [9.17, 15) is 8.78 Å². The van der Waals surface area contributed by atoms with E-state index in [1.165, 1.54) is 51.4 Å². The topological polar surface area (TPSA) is 9.23 Å². The van der Waals surface area contributed by atoms with Crippen LogP contribution >= 0.6 is 0 Å². The van der Waals surface area contributed by atoms with Gasteiger partial charge in [0.2, 0.25) is 5.55 Å². The Morgan fingerprint density at radius 1 is 0.826 bits per heavy atom. The molecule has 4 heteroatoms. The zero-order valence-electron chi connectivity index (χ0n) is 15.5. The summed E-state index contributed by atoms with van der Waals surface area (Å²) in [5, 5.41) is 0. The Bertz CT molecular complexity index is 277. The number of hydrogen-bond acceptors (Lipinski definition) is 1. The molecule has 0 bridgehead atoms. The smallest absolute Gasteiger partial charge is 0.219 e. The molecule has 0 aliphatic heterocycles. The van der Waals surface area contributed by atoms with Gasteiger partial charge in [0.05, 0.1) is 16.8 Å². The molecule has 0 spiro atoms. The maximum absolute atomic E-state index is 12.7. The third kappa shape index (κ3) is 21.8. The van der Waals surface area contributed by atoms with E-state index < -0.39 is 5.55 Å². The van der Waals surface area contributed by atoms with Crippen molar-refractivity contribution in [1.29, 1.82) is 0 Å². The summed E-state index contributed by atoms with van der Waals surface area (Å²) in [7, 11) is 0.00451. The first-order chi connectivity index (χ1) is 10.9. The van der Waals surface area contributed by atoms with E-state index >= 15 is 0 Å². The normalized spacial score (nSPS) is 12.0. The molecule has 0 fully saturated rings. The quantitative estimate of drug-likeness (QED) is 0.189. The van der Waals surface area contributed by atoms with Crippen LogP contribution in [0.5, 0.6) is 0 Å². The van der Waals surface area contributed by atoms with Crippen molar-refractivity contribution in [2.45, 2.75) is 95.9 Å². The fourth-order valence-electron chi connectivity index (χ4n) is 2.65. The standard InChI is InChI=1S/C19H38F2OSi/c1-18(2)17-22-16-14-12-10-8-6-4-3-5-7-9-11-13-15-19(20,21)23/h1,3-17H2,2,23H3. The van der Waals surface area contributed by atoms with Crippen molar-refractivity contribution in [3.05, 3.63) is 12.2 Å². The van der Waals surface area contributed by atoms with Crippen molar-refractivity contribution in [3.63, 3.8) is 0 Å². The van der Waals surface area contributed by atoms with Gasteiger partial charge in [-0.1, -0.05) is 76.4 Å². The Morgan fingerprint density at radius 2 is 1.22 bits per heavy atom. The Morgan fingerprint density at radius 3 is 1.61 bits per heavy atom. The van der Waals surface area contributed by atoms with E-state index in [2.05, 4.69) is 6.58 Å². The molecule has 1 nitrogen and oxygen atoms in total. The van der Waals surface area contributed by atoms with Crippen LogP contribution in [0.2, 0.25) is 0 Å². The number of halogens is 2. The minimum atomic E-state index is -2.34. The van der Waals surface area contributed by atoms with Gasteiger partial charge >= 0.3 is 0 Å². The minimum Gasteiger partial charge on any atom is -0.377 e. The van der Waals surface area contributed by atoms with Gasteiger partial charge in [-0.2, -0.15) is 0 Å². The maximum atomic E-state index is 12.7. The molecule has 0 aliphatic rings. The lowest BCUT2D eigenvalue weighted by Crippen LogP contribution is -2.14. The van der Waals surface area contributed by atoms with E-state index in [0.717, 1.165) is 31.4 Å². The predicted molar refractivity (Wildman–Crippen MR) is 101 cm³/mol. The van der Waals surface area contributed by atoms with Crippen LogP contribution in [0.25, 0.3) is 0 Å². The van der Waals surface area contributed by atoms with Gasteiger partial charge in [0, 0.05) is 13.0 Å². The fourth-order valence-corrected chi connectivity index (χ4v) is 3.01. The van der Waals surface area contributed by atoms with Crippen molar-refractivity contribution in [3.8, 4) is 0 Å². The molecule has 0 unspecified atom stereocenters. The van der Waals surface area contributed by atoms with Crippen LogP contribution in [-0.4, -0.2) is 29.0 Å². The van der Waals surface area contributed by atoms with Crippen LogP contribution in [-0.2, 0) is 4.74 Å². The molecule has 0 aromatic heterocycles. The van der Waals surface area contributed by atoms with Crippen LogP contribution in [0, 0.1) is 0 Å². The first-order valence-electron chi connectivity index (χ1n) is 9.52. The SMILES string of the molecule is C=C(C)COCCCCCCCCCCCCCCC(F)(F)[SiH3]. The van der Waals surface area contributed by atoms with Crippen molar-refractivity contribution in [2.75, 3.05) is 13.2 Å². The van der Waals surface area contributed by atoms with E-state index in [0.29, 0.717) is 13.0 Å². The minimum absolute atomic E-state index is 0.00451. The zero-order valence-corrected chi connectivity index (χ0v) is 17.5. The Labute approximate surface area is 145 Å². The molecular formula is C19H38F2OSi. The first kappa shape index (κ1) is 22.8. The molecule has 0 radical (unpaired) electrons. The highest BCUT2D eigenvalue weighted by molar-refractivity contribution is 6.13. The van der Waals surface area contributed by atoms with Crippen LogP contribution in [0.4, 0.5) is 8.78 Å². The van der Waals surface area contributed by atoms with Gasteiger partial charge in [-0.05, 0) is 19.8 Å². The van der Waals surface area contributed by atoms with Gasteiger partial charge in [-0.3, -0.25) is 0 Å². The molecule has 0 saturated carbocycles. The van der Waals surface area contributed by atoms with Gasteiger partial charge in [0.15, 0.2) is 0 Å². The third-order valence-corrected chi connectivity index (χ3v) is 4.50. The average Bonchev–Trinajstić information content (AvgIpc) is 2.45. The van der Waals surface area contributed by atoms with Gasteiger partial charge in [-0.15, -0.1) is 0 Å². The summed E-state index contributed by atoms with van der Waals surface area (Å²) in [6, 6.07) is 0. The molecule has 0 N–H and O–H groups in total. The van der Waals surface area contributed by atoms with Crippen molar-refractivity contribution < 1.29 is 13.5 Å². The molecule has 0 heterocycles. The summed E-state index contributed by atoms with van der Waals surface area (Å²) in [5.41, 5.74) is -1.24. The third-order valence-electron chi connectivity index (χ3n) is 4.00. The van der Waals surface area contributed by atoms with E-state index in [4.69, 9.17) is 4.74 Å². The summed E-state index contributed by atoms with van der Waals surface area (Å²) < 4.78 is 30.8. The number of alkyl halides is 2. The molecule has 0 amide bonds. The second kappa shape index (κ2) is 15.3. The Balaban J connectivity index is 3.04. The highest BCUT2D eigenvalue weighted by Crippen LogP contribution is 2.18. The lowest BCUT2D eigenvalue weighted by molar-refractivity contribution is 0.0819. The fraction of sp³-hybridized carbons (Fsp3) is 0.895. The highest BCUT2D eigenvalue weighted by Gasteiger charge is 2.18. The number of rotatable bonds is 17. The second-order valence-corrected chi connectivity index (χ2v) is 8.54. The molecule has 23 heavy (non-hydrogen) atoms. The molecule has 0 aromatic rings. The van der Waals surface area contributed by atoms with E-state index in [-0.39, 0.29) is 16.7 Å². The highest BCUT2D eigenvalue weighted by atomic mass is 28.1. The summed E-state index contributed by atoms with van der Waals surface area (Å²) in [6.45, 7) is 7.36. The predicted octanol–water partition coefficient (Wildman–Crippen LogP) is 5.61. The summed E-state index contributed by atoms with van der Waals surface area (Å²) in [6.07, 6.45) is 14.4. The molecule has 0 atom stereocenters. The molecule has 0 aliphatic carbocycles. The van der Waals surface area contributed by atoms with Crippen LogP contribution < -0.4 is 0 Å². The summed E-state index contributed by atoms with van der Waals surface area (Å²) in [5.74, 6) is 0. The van der Waals surface area contributed by atoms with Crippen LogP contribution in [0.1, 0.15) is 90.4 Å². The van der Waals surface area contributed by atoms with Crippen molar-refractivity contribution in [1.82, 2.24) is 0 Å². The molecule has 0 rings (SSSR count).